The van der Waals surface area contributed by atoms with Crippen molar-refractivity contribution < 1.29 is 0 Å². The first-order valence-electron chi connectivity index (χ1n) is 3.99. The second-order valence-corrected chi connectivity index (χ2v) is 3.13. The molecule has 0 spiro atoms. The van der Waals surface area contributed by atoms with Crippen molar-refractivity contribution in [3.63, 3.8) is 0 Å². The quantitative estimate of drug-likeness (QED) is 0.362. The van der Waals surface area contributed by atoms with Crippen molar-refractivity contribution in [2.75, 3.05) is 0 Å². The normalized spacial score (nSPS) is 29.6. The lowest BCUT2D eigenvalue weighted by Gasteiger charge is -2.22. The minimum Gasteiger partial charge on any atom is -0.328 e. The maximum Gasteiger partial charge on any atom is 0.211 e. The van der Waals surface area contributed by atoms with E-state index in [1.807, 2.05) is 4.91 Å². The monoisotopic (exact) mass is 157 g/mol. The second-order valence-electron chi connectivity index (χ2n) is 3.13. The zero-order valence-corrected chi connectivity index (χ0v) is 7.01. The van der Waals surface area contributed by atoms with Crippen LogP contribution in [0, 0.1) is 17.0 Å². The molecule has 0 amide bonds. The van der Waals surface area contributed by atoms with Crippen molar-refractivity contribution in [1.82, 2.24) is 4.91 Å². The Balaban J connectivity index is 0.000000292. The Hall–Kier alpha value is -0.730. The van der Waals surface area contributed by atoms with Crippen LogP contribution in [-0.4, -0.2) is 6.04 Å². The molecule has 0 aromatic carbocycles. The van der Waals surface area contributed by atoms with Crippen molar-refractivity contribution in [3.05, 3.63) is 0 Å². The fourth-order valence-corrected chi connectivity index (χ4v) is 1.29. The number of nitrogens with two attached hydrogens (primary N) is 1. The van der Waals surface area contributed by atoms with Gasteiger partial charge in [0.25, 0.3) is 0 Å². The number of nitrogens with zero attached hydrogens (tertiary/aromatic N) is 1. The van der Waals surface area contributed by atoms with Gasteiger partial charge in [0.2, 0.25) is 4.91 Å². The molecule has 0 atom stereocenters. The van der Waals surface area contributed by atoms with Crippen molar-refractivity contribution >= 4 is 0 Å². The summed E-state index contributed by atoms with van der Waals surface area (Å²) in [6, 6.07) is 0.520. The zero-order chi connectivity index (χ0) is 8.69. The van der Waals surface area contributed by atoms with E-state index in [4.69, 9.17) is 16.8 Å². The lowest BCUT2D eigenvalue weighted by molar-refractivity contribution is 0.348. The summed E-state index contributed by atoms with van der Waals surface area (Å²) in [5.74, 6) is 0.940. The fourth-order valence-electron chi connectivity index (χ4n) is 1.29. The predicted octanol–water partition coefficient (Wildman–Crippen LogP) is 1.64. The van der Waals surface area contributed by atoms with Gasteiger partial charge in [0, 0.05) is 6.04 Å². The molecule has 1 aliphatic rings. The lowest BCUT2D eigenvalue weighted by atomic mass is 9.88. The van der Waals surface area contributed by atoms with Crippen LogP contribution in [0.15, 0.2) is 0 Å². The van der Waals surface area contributed by atoms with E-state index < -0.39 is 0 Å². The van der Waals surface area contributed by atoms with Gasteiger partial charge in [-0.3, -0.25) is 0 Å². The molecule has 0 bridgehead atoms. The molecule has 4 N–H and O–H groups in total. The van der Waals surface area contributed by atoms with E-state index in [0.717, 1.165) is 5.92 Å². The lowest BCUT2D eigenvalue weighted by Crippen LogP contribution is -2.25. The van der Waals surface area contributed by atoms with Crippen molar-refractivity contribution in [2.45, 2.75) is 38.6 Å². The Bertz CT molecular complexity index is 110. The van der Waals surface area contributed by atoms with Gasteiger partial charge in [-0.1, -0.05) is 6.92 Å². The molecule has 4 heteroatoms. The minimum absolute atomic E-state index is 0.520. The van der Waals surface area contributed by atoms with Crippen LogP contribution in [0.25, 0.3) is 0 Å². The summed E-state index contributed by atoms with van der Waals surface area (Å²) in [7, 11) is 0. The third kappa shape index (κ3) is 5.70. The Kier molecular flexibility index (Phi) is 5.61. The number of nitrogens with one attached hydrogen (secondary N) is 2. The largest absolute Gasteiger partial charge is 0.328 e. The van der Waals surface area contributed by atoms with Crippen LogP contribution >= 0.6 is 0 Å². The molecule has 1 aliphatic carbocycles. The molecular formula is C7H17N4+. The zero-order valence-electron chi connectivity index (χ0n) is 7.01. The summed E-state index contributed by atoms with van der Waals surface area (Å²) >= 11 is 0. The van der Waals surface area contributed by atoms with E-state index in [0.29, 0.717) is 6.04 Å². The van der Waals surface area contributed by atoms with Gasteiger partial charge in [-0.2, -0.15) is 0 Å². The Morgan fingerprint density at radius 2 is 1.55 bits per heavy atom. The summed E-state index contributed by atoms with van der Waals surface area (Å²) in [6.07, 6.45) is 5.20. The van der Waals surface area contributed by atoms with Crippen LogP contribution in [0.4, 0.5) is 0 Å². The maximum atomic E-state index is 5.70. The van der Waals surface area contributed by atoms with Gasteiger partial charge in [0.15, 0.2) is 0 Å². The molecular weight excluding hydrogens is 140 g/mol. The number of rotatable bonds is 0. The van der Waals surface area contributed by atoms with Crippen LogP contribution in [0.3, 0.4) is 0 Å². The summed E-state index contributed by atoms with van der Waals surface area (Å²) in [5, 5.41) is 0. The highest BCUT2D eigenvalue weighted by Crippen LogP contribution is 2.21. The summed E-state index contributed by atoms with van der Waals surface area (Å²) in [6.45, 7) is 2.31. The molecule has 0 saturated heterocycles. The molecule has 1 fully saturated rings. The molecule has 1 saturated carbocycles. The Labute approximate surface area is 67.2 Å². The van der Waals surface area contributed by atoms with Crippen LogP contribution in [0.5, 0.6) is 0 Å². The molecule has 4 nitrogen and oxygen atoms in total. The topological polar surface area (TPSA) is 87.8 Å². The van der Waals surface area contributed by atoms with Crippen LogP contribution in [-0.2, 0) is 0 Å². The smallest absolute Gasteiger partial charge is 0.211 e. The highest BCUT2D eigenvalue weighted by molar-refractivity contribution is 4.70. The van der Waals surface area contributed by atoms with E-state index in [-0.39, 0.29) is 0 Å². The first kappa shape index (κ1) is 10.3. The van der Waals surface area contributed by atoms with Crippen molar-refractivity contribution in [2.24, 2.45) is 11.7 Å². The molecule has 0 heterocycles. The maximum absolute atomic E-state index is 5.70. The summed E-state index contributed by atoms with van der Waals surface area (Å²) in [5.41, 5.74) is 16.7. The van der Waals surface area contributed by atoms with Gasteiger partial charge in [-0.05, 0) is 31.6 Å². The standard InChI is InChI=1S/C7H15N.H2N3/c1-6-2-4-7(8)5-3-6;1-3-2/h6-7H,2-5,8H2,1H3;1-2H/q;+1. The average molecular weight is 157 g/mol. The summed E-state index contributed by atoms with van der Waals surface area (Å²) < 4.78 is 0. The first-order chi connectivity index (χ1) is 5.20. The molecule has 0 unspecified atom stereocenters. The molecule has 11 heavy (non-hydrogen) atoms. The van der Waals surface area contributed by atoms with Gasteiger partial charge in [-0.15, -0.1) is 0 Å². The molecule has 64 valence electrons. The number of hydrogen-bond acceptors (Lipinski definition) is 3. The van der Waals surface area contributed by atoms with Gasteiger partial charge in [0.05, 0.1) is 0 Å². The SMILES string of the molecule is CC1CCC(N)CC1.N=[N+]=N. The molecule has 0 radical (unpaired) electrons. The van der Waals surface area contributed by atoms with E-state index in [1.54, 1.807) is 0 Å². The fraction of sp³-hybridized carbons (Fsp3) is 1.00. The van der Waals surface area contributed by atoms with Crippen LogP contribution < -0.4 is 10.6 Å². The summed E-state index contributed by atoms with van der Waals surface area (Å²) in [4.78, 5) is 2.00. The van der Waals surface area contributed by atoms with Gasteiger partial charge in [0.1, 0.15) is 11.1 Å². The van der Waals surface area contributed by atoms with E-state index in [1.165, 1.54) is 25.7 Å². The van der Waals surface area contributed by atoms with E-state index in [2.05, 4.69) is 6.92 Å². The third-order valence-corrected chi connectivity index (χ3v) is 2.06. The molecule has 0 aromatic rings. The van der Waals surface area contributed by atoms with E-state index in [9.17, 15) is 0 Å². The van der Waals surface area contributed by atoms with E-state index >= 15 is 0 Å². The highest BCUT2D eigenvalue weighted by Gasteiger charge is 2.13. The average Bonchev–Trinajstić information content (AvgIpc) is 1.97. The van der Waals surface area contributed by atoms with Crippen molar-refractivity contribution in [3.8, 4) is 0 Å². The van der Waals surface area contributed by atoms with Gasteiger partial charge >= 0.3 is 0 Å². The third-order valence-electron chi connectivity index (χ3n) is 2.06. The molecule has 1 rings (SSSR count). The van der Waals surface area contributed by atoms with Gasteiger partial charge < -0.3 is 5.73 Å². The number of hydrogen-bond donors (Lipinski definition) is 3. The molecule has 0 aliphatic heterocycles. The first-order valence-corrected chi connectivity index (χ1v) is 3.99. The predicted molar refractivity (Wildman–Crippen MR) is 43.2 cm³/mol. The van der Waals surface area contributed by atoms with Crippen LogP contribution in [0.2, 0.25) is 0 Å². The Morgan fingerprint density at radius 1 is 1.18 bits per heavy atom. The van der Waals surface area contributed by atoms with Crippen LogP contribution in [0.1, 0.15) is 32.6 Å². The van der Waals surface area contributed by atoms with Crippen molar-refractivity contribution in [1.29, 1.82) is 11.1 Å². The second kappa shape index (κ2) is 6.01. The highest BCUT2D eigenvalue weighted by atomic mass is 15.0. The minimum atomic E-state index is 0.520. The Morgan fingerprint density at radius 3 is 1.82 bits per heavy atom. The molecule has 0 aromatic heterocycles. The van der Waals surface area contributed by atoms with Gasteiger partial charge in [-0.25, -0.2) is 0 Å².